The van der Waals surface area contributed by atoms with E-state index in [1.54, 1.807) is 0 Å². The van der Waals surface area contributed by atoms with Crippen LogP contribution in [0, 0.1) is 0 Å². The van der Waals surface area contributed by atoms with Gasteiger partial charge in [0.25, 0.3) is 0 Å². The molecule has 1 saturated carbocycles. The molecular weight excluding hydrogens is 160 g/mol. The maximum absolute atomic E-state index is 3.54. The standard InChI is InChI=1S/C11H24N2/c1-3-4-5-9-13(2)10-8-12-11-6-7-11/h11-12H,3-10H2,1-2H3. The van der Waals surface area contributed by atoms with Crippen LogP contribution in [0.3, 0.4) is 0 Å². The monoisotopic (exact) mass is 184 g/mol. The Bertz CT molecular complexity index is 121. The van der Waals surface area contributed by atoms with Crippen LogP contribution in [0.5, 0.6) is 0 Å². The van der Waals surface area contributed by atoms with Gasteiger partial charge in [0.15, 0.2) is 0 Å². The zero-order chi connectivity index (χ0) is 9.52. The van der Waals surface area contributed by atoms with Crippen molar-refractivity contribution in [3.8, 4) is 0 Å². The van der Waals surface area contributed by atoms with Gasteiger partial charge < -0.3 is 10.2 Å². The summed E-state index contributed by atoms with van der Waals surface area (Å²) in [4.78, 5) is 2.44. The Balaban J connectivity index is 1.81. The zero-order valence-electron chi connectivity index (χ0n) is 9.18. The molecule has 1 fully saturated rings. The van der Waals surface area contributed by atoms with Gasteiger partial charge in [0.05, 0.1) is 0 Å². The average molecular weight is 184 g/mol. The molecule has 0 aromatic heterocycles. The van der Waals surface area contributed by atoms with Crippen molar-refractivity contribution in [3.05, 3.63) is 0 Å². The highest BCUT2D eigenvalue weighted by atomic mass is 15.1. The summed E-state index contributed by atoms with van der Waals surface area (Å²) >= 11 is 0. The largest absolute Gasteiger partial charge is 0.313 e. The third-order valence-corrected chi connectivity index (χ3v) is 2.65. The third-order valence-electron chi connectivity index (χ3n) is 2.65. The first-order valence-corrected chi connectivity index (χ1v) is 5.75. The summed E-state index contributed by atoms with van der Waals surface area (Å²) < 4.78 is 0. The van der Waals surface area contributed by atoms with Crippen molar-refractivity contribution >= 4 is 0 Å². The minimum Gasteiger partial charge on any atom is -0.313 e. The fourth-order valence-electron chi connectivity index (χ4n) is 1.49. The molecule has 0 unspecified atom stereocenters. The number of hydrogen-bond donors (Lipinski definition) is 1. The van der Waals surface area contributed by atoms with E-state index in [0.717, 1.165) is 6.04 Å². The van der Waals surface area contributed by atoms with Crippen LogP contribution in [0.25, 0.3) is 0 Å². The fraction of sp³-hybridized carbons (Fsp3) is 1.00. The SMILES string of the molecule is CCCCCN(C)CCNC1CC1. The normalized spacial score (nSPS) is 16.8. The van der Waals surface area contributed by atoms with Crippen molar-refractivity contribution in [2.24, 2.45) is 0 Å². The van der Waals surface area contributed by atoms with E-state index < -0.39 is 0 Å². The second-order valence-corrected chi connectivity index (χ2v) is 4.24. The predicted octanol–water partition coefficient (Wildman–Crippen LogP) is 1.86. The molecule has 0 bridgehead atoms. The number of hydrogen-bond acceptors (Lipinski definition) is 2. The van der Waals surface area contributed by atoms with E-state index in [0.29, 0.717) is 0 Å². The van der Waals surface area contributed by atoms with E-state index in [2.05, 4.69) is 24.2 Å². The van der Waals surface area contributed by atoms with Crippen LogP contribution in [0.1, 0.15) is 39.0 Å². The molecular formula is C11H24N2. The second-order valence-electron chi connectivity index (χ2n) is 4.24. The lowest BCUT2D eigenvalue weighted by Gasteiger charge is -2.16. The number of likely N-dealkylation sites (N-methyl/N-ethyl adjacent to an activating group) is 1. The molecule has 1 aliphatic rings. The van der Waals surface area contributed by atoms with Crippen LogP contribution in [0.2, 0.25) is 0 Å². The first-order valence-electron chi connectivity index (χ1n) is 5.75. The summed E-state index contributed by atoms with van der Waals surface area (Å²) in [6.45, 7) is 5.91. The number of rotatable bonds is 8. The van der Waals surface area contributed by atoms with Gasteiger partial charge in [-0.1, -0.05) is 19.8 Å². The Morgan fingerprint density at radius 1 is 1.23 bits per heavy atom. The Kier molecular flexibility index (Phi) is 5.40. The van der Waals surface area contributed by atoms with E-state index in [1.165, 1.54) is 51.7 Å². The van der Waals surface area contributed by atoms with Crippen molar-refractivity contribution in [2.45, 2.75) is 45.1 Å². The van der Waals surface area contributed by atoms with Crippen molar-refractivity contribution in [1.29, 1.82) is 0 Å². The van der Waals surface area contributed by atoms with Crippen molar-refractivity contribution in [3.63, 3.8) is 0 Å². The number of nitrogens with zero attached hydrogens (tertiary/aromatic N) is 1. The van der Waals surface area contributed by atoms with Gasteiger partial charge in [-0.2, -0.15) is 0 Å². The van der Waals surface area contributed by atoms with Gasteiger partial charge in [-0.25, -0.2) is 0 Å². The van der Waals surface area contributed by atoms with Crippen LogP contribution >= 0.6 is 0 Å². The molecule has 0 heterocycles. The summed E-state index contributed by atoms with van der Waals surface area (Å²) in [6, 6.07) is 0.865. The molecule has 0 radical (unpaired) electrons. The summed E-state index contributed by atoms with van der Waals surface area (Å²) in [6.07, 6.45) is 6.87. The van der Waals surface area contributed by atoms with Crippen molar-refractivity contribution < 1.29 is 0 Å². The first kappa shape index (κ1) is 11.0. The van der Waals surface area contributed by atoms with Crippen LogP contribution in [0.15, 0.2) is 0 Å². The third kappa shape index (κ3) is 6.05. The summed E-state index contributed by atoms with van der Waals surface area (Å²) in [7, 11) is 2.23. The molecule has 0 saturated heterocycles. The molecule has 1 rings (SSSR count). The summed E-state index contributed by atoms with van der Waals surface area (Å²) in [5.41, 5.74) is 0. The van der Waals surface area contributed by atoms with Gasteiger partial charge in [-0.05, 0) is 32.9 Å². The van der Waals surface area contributed by atoms with Gasteiger partial charge in [0, 0.05) is 19.1 Å². The molecule has 1 aliphatic carbocycles. The molecule has 0 aromatic rings. The molecule has 13 heavy (non-hydrogen) atoms. The van der Waals surface area contributed by atoms with E-state index in [1.807, 2.05) is 0 Å². The molecule has 2 heteroatoms. The molecule has 2 nitrogen and oxygen atoms in total. The van der Waals surface area contributed by atoms with Gasteiger partial charge in [-0.15, -0.1) is 0 Å². The Morgan fingerprint density at radius 3 is 2.62 bits per heavy atom. The van der Waals surface area contributed by atoms with Crippen LogP contribution in [-0.2, 0) is 0 Å². The highest BCUT2D eigenvalue weighted by molar-refractivity contribution is 4.80. The van der Waals surface area contributed by atoms with Crippen molar-refractivity contribution in [1.82, 2.24) is 10.2 Å². The fourth-order valence-corrected chi connectivity index (χ4v) is 1.49. The Morgan fingerprint density at radius 2 is 2.00 bits per heavy atom. The molecule has 0 atom stereocenters. The zero-order valence-corrected chi connectivity index (χ0v) is 9.18. The molecule has 0 aliphatic heterocycles. The highest BCUT2D eigenvalue weighted by Gasteiger charge is 2.19. The van der Waals surface area contributed by atoms with Gasteiger partial charge >= 0.3 is 0 Å². The van der Waals surface area contributed by atoms with E-state index in [4.69, 9.17) is 0 Å². The minimum absolute atomic E-state index is 0.865. The lowest BCUT2D eigenvalue weighted by atomic mass is 10.2. The Labute approximate surface area is 82.7 Å². The van der Waals surface area contributed by atoms with E-state index in [-0.39, 0.29) is 0 Å². The maximum atomic E-state index is 3.54. The van der Waals surface area contributed by atoms with Crippen molar-refractivity contribution in [2.75, 3.05) is 26.7 Å². The Hall–Kier alpha value is -0.0800. The quantitative estimate of drug-likeness (QED) is 0.579. The van der Waals surface area contributed by atoms with Crippen LogP contribution in [0.4, 0.5) is 0 Å². The number of nitrogens with one attached hydrogen (secondary N) is 1. The molecule has 0 aromatic carbocycles. The minimum atomic E-state index is 0.865. The van der Waals surface area contributed by atoms with Gasteiger partial charge in [0.2, 0.25) is 0 Å². The topological polar surface area (TPSA) is 15.3 Å². The summed E-state index contributed by atoms with van der Waals surface area (Å²) in [5, 5.41) is 3.54. The van der Waals surface area contributed by atoms with Crippen LogP contribution in [-0.4, -0.2) is 37.6 Å². The molecule has 0 amide bonds. The summed E-state index contributed by atoms with van der Waals surface area (Å²) in [5.74, 6) is 0. The van der Waals surface area contributed by atoms with E-state index in [9.17, 15) is 0 Å². The smallest absolute Gasteiger partial charge is 0.0104 e. The maximum Gasteiger partial charge on any atom is 0.0104 e. The average Bonchev–Trinajstić information content (AvgIpc) is 2.89. The lowest BCUT2D eigenvalue weighted by molar-refractivity contribution is 0.323. The van der Waals surface area contributed by atoms with E-state index >= 15 is 0 Å². The molecule has 1 N–H and O–H groups in total. The molecule has 0 spiro atoms. The molecule has 78 valence electrons. The highest BCUT2D eigenvalue weighted by Crippen LogP contribution is 2.17. The first-order chi connectivity index (χ1) is 6.33. The van der Waals surface area contributed by atoms with Crippen LogP contribution < -0.4 is 5.32 Å². The van der Waals surface area contributed by atoms with Gasteiger partial charge in [-0.3, -0.25) is 0 Å². The predicted molar refractivity (Wildman–Crippen MR) is 58.0 cm³/mol. The second kappa shape index (κ2) is 6.39. The number of unbranched alkanes of at least 4 members (excludes halogenated alkanes) is 2. The lowest BCUT2D eigenvalue weighted by Crippen LogP contribution is -2.30. The van der Waals surface area contributed by atoms with Gasteiger partial charge in [0.1, 0.15) is 0 Å².